The van der Waals surface area contributed by atoms with Crippen LogP contribution in [0, 0.1) is 0 Å². The third kappa shape index (κ3) is 5.79. The number of sulfonamides is 1. The first kappa shape index (κ1) is 27.8. The van der Waals surface area contributed by atoms with Gasteiger partial charge in [-0.3, -0.25) is 4.79 Å². The van der Waals surface area contributed by atoms with Gasteiger partial charge in [-0.25, -0.2) is 4.79 Å². The van der Waals surface area contributed by atoms with E-state index in [1.54, 1.807) is 13.2 Å². The number of amides is 1. The van der Waals surface area contributed by atoms with Crippen LogP contribution in [0.15, 0.2) is 49.9 Å². The molecule has 0 saturated carbocycles. The molecule has 0 fully saturated rings. The minimum absolute atomic E-state index is 0.00351. The summed E-state index contributed by atoms with van der Waals surface area (Å²) >= 11 is 0. The second kappa shape index (κ2) is 11.1. The number of para-hydroxylation sites is 1. The van der Waals surface area contributed by atoms with Crippen molar-refractivity contribution in [2.24, 2.45) is 4.40 Å². The number of anilines is 1. The molecule has 1 amide bonds. The van der Waals surface area contributed by atoms with Crippen LogP contribution in [-0.4, -0.2) is 56.8 Å². The molecule has 0 unspecified atom stereocenters. The quantitative estimate of drug-likeness (QED) is 0.326. The maximum atomic E-state index is 13.0. The SMILES string of the molecule is CCOC(=O)C1=C(N[C@H](CC)c2cc(C(C)C)co2)C(Nc2cccc(C(=O)N(C)C)c2O)=NS1(=O)=O. The van der Waals surface area contributed by atoms with Crippen molar-refractivity contribution in [3.63, 3.8) is 0 Å². The summed E-state index contributed by atoms with van der Waals surface area (Å²) in [7, 11) is -1.37. The number of esters is 1. The standard InChI is InChI=1S/C25H32N4O7S/c1-7-17(19-12-15(13-36-19)14(3)4)26-20-22(25(32)35-8-2)37(33,34)28-23(20)27-18-11-9-10-16(21(18)30)24(31)29(5)6/h9-14,17,26,30H,7-8H2,1-6H3,(H,27,28)/t17-/m1/s1. The number of phenols is 1. The van der Waals surface area contributed by atoms with Crippen molar-refractivity contribution < 1.29 is 32.3 Å². The fourth-order valence-electron chi connectivity index (χ4n) is 3.66. The van der Waals surface area contributed by atoms with E-state index in [-0.39, 0.29) is 35.3 Å². The van der Waals surface area contributed by atoms with E-state index in [2.05, 4.69) is 15.0 Å². The second-order valence-corrected chi connectivity index (χ2v) is 10.4. The Morgan fingerprint density at radius 2 is 1.92 bits per heavy atom. The highest BCUT2D eigenvalue weighted by molar-refractivity contribution is 7.95. The van der Waals surface area contributed by atoms with E-state index in [9.17, 15) is 23.1 Å². The fourth-order valence-corrected chi connectivity index (χ4v) is 4.81. The first-order valence-electron chi connectivity index (χ1n) is 11.8. The minimum atomic E-state index is -4.44. The number of phenolic OH excluding ortho intramolecular Hbond substituents is 1. The van der Waals surface area contributed by atoms with Gasteiger partial charge < -0.3 is 29.8 Å². The molecule has 1 aliphatic heterocycles. The average Bonchev–Trinajstić information content (AvgIpc) is 3.41. The van der Waals surface area contributed by atoms with Crippen LogP contribution in [0.5, 0.6) is 5.75 Å². The molecule has 3 rings (SSSR count). The zero-order valence-electron chi connectivity index (χ0n) is 21.7. The molecule has 0 radical (unpaired) electrons. The molecule has 1 aromatic heterocycles. The lowest BCUT2D eigenvalue weighted by molar-refractivity contribution is -0.137. The predicted octanol–water partition coefficient (Wildman–Crippen LogP) is 3.48. The van der Waals surface area contributed by atoms with Crippen LogP contribution in [0.4, 0.5) is 5.69 Å². The first-order chi connectivity index (χ1) is 17.4. The molecule has 37 heavy (non-hydrogen) atoms. The molecule has 1 atom stereocenters. The average molecular weight is 533 g/mol. The van der Waals surface area contributed by atoms with Gasteiger partial charge in [-0.15, -0.1) is 4.40 Å². The molecular formula is C25H32N4O7S. The van der Waals surface area contributed by atoms with Gasteiger partial charge >= 0.3 is 5.97 Å². The topological polar surface area (TPSA) is 151 Å². The fraction of sp³-hybridized carbons (Fsp3) is 0.400. The van der Waals surface area contributed by atoms with Gasteiger partial charge in [0.1, 0.15) is 11.5 Å². The van der Waals surface area contributed by atoms with Gasteiger partial charge in [0.25, 0.3) is 15.9 Å². The monoisotopic (exact) mass is 532 g/mol. The lowest BCUT2D eigenvalue weighted by Crippen LogP contribution is -2.30. The molecule has 3 N–H and O–H groups in total. The van der Waals surface area contributed by atoms with Crippen molar-refractivity contribution in [2.45, 2.75) is 46.1 Å². The molecule has 0 bridgehead atoms. The van der Waals surface area contributed by atoms with E-state index >= 15 is 0 Å². The molecular weight excluding hydrogens is 500 g/mol. The number of ether oxygens (including phenoxy) is 1. The van der Waals surface area contributed by atoms with Crippen LogP contribution in [0.3, 0.4) is 0 Å². The Morgan fingerprint density at radius 1 is 1.22 bits per heavy atom. The van der Waals surface area contributed by atoms with E-state index in [1.807, 2.05) is 26.8 Å². The third-order valence-electron chi connectivity index (χ3n) is 5.70. The number of rotatable bonds is 9. The highest BCUT2D eigenvalue weighted by Crippen LogP contribution is 2.33. The number of hydrogen-bond acceptors (Lipinski definition) is 9. The van der Waals surface area contributed by atoms with Crippen molar-refractivity contribution in [1.29, 1.82) is 0 Å². The van der Waals surface area contributed by atoms with Crippen LogP contribution >= 0.6 is 0 Å². The number of furan rings is 1. The first-order valence-corrected chi connectivity index (χ1v) is 13.3. The zero-order chi connectivity index (χ0) is 27.5. The maximum Gasteiger partial charge on any atom is 0.354 e. The van der Waals surface area contributed by atoms with E-state index in [0.717, 1.165) is 5.56 Å². The molecule has 1 aliphatic rings. The summed E-state index contributed by atoms with van der Waals surface area (Å²) in [5, 5.41) is 16.6. The number of nitrogens with zero attached hydrogens (tertiary/aromatic N) is 2. The number of aromatic hydroxyl groups is 1. The Hall–Kier alpha value is -3.80. The molecule has 0 spiro atoms. The van der Waals surface area contributed by atoms with Crippen LogP contribution in [0.1, 0.15) is 67.8 Å². The highest BCUT2D eigenvalue weighted by atomic mass is 32.2. The van der Waals surface area contributed by atoms with Crippen molar-refractivity contribution >= 4 is 33.4 Å². The van der Waals surface area contributed by atoms with Gasteiger partial charge in [-0.1, -0.05) is 26.8 Å². The van der Waals surface area contributed by atoms with E-state index in [1.165, 1.54) is 37.2 Å². The van der Waals surface area contributed by atoms with E-state index in [4.69, 9.17) is 9.15 Å². The van der Waals surface area contributed by atoms with Gasteiger partial charge in [0.2, 0.25) is 4.91 Å². The number of nitrogens with one attached hydrogen (secondary N) is 2. The molecule has 12 heteroatoms. The summed E-state index contributed by atoms with van der Waals surface area (Å²) in [5.74, 6) is -1.38. The molecule has 0 aliphatic carbocycles. The summed E-state index contributed by atoms with van der Waals surface area (Å²) in [6.07, 6.45) is 2.12. The Balaban J connectivity index is 2.08. The molecule has 200 valence electrons. The van der Waals surface area contributed by atoms with Crippen LogP contribution in [0.2, 0.25) is 0 Å². The Bertz CT molecular complexity index is 1360. The highest BCUT2D eigenvalue weighted by Gasteiger charge is 2.40. The van der Waals surface area contributed by atoms with Crippen molar-refractivity contribution in [1.82, 2.24) is 10.2 Å². The molecule has 2 aromatic rings. The molecule has 11 nitrogen and oxygen atoms in total. The summed E-state index contributed by atoms with van der Waals surface area (Å²) < 4.78 is 40.4. The van der Waals surface area contributed by atoms with Gasteiger partial charge in [0, 0.05) is 14.1 Å². The lowest BCUT2D eigenvalue weighted by atomic mass is 10.1. The van der Waals surface area contributed by atoms with Crippen molar-refractivity contribution in [3.8, 4) is 5.75 Å². The van der Waals surface area contributed by atoms with Gasteiger partial charge in [0.15, 0.2) is 11.6 Å². The van der Waals surface area contributed by atoms with Crippen LogP contribution in [-0.2, 0) is 19.6 Å². The number of benzene rings is 1. The van der Waals surface area contributed by atoms with Crippen LogP contribution in [0.25, 0.3) is 0 Å². The van der Waals surface area contributed by atoms with Crippen molar-refractivity contribution in [2.75, 3.05) is 26.0 Å². The maximum absolute atomic E-state index is 13.0. The Morgan fingerprint density at radius 3 is 2.49 bits per heavy atom. The Labute approximate surface area is 216 Å². The number of hydrogen-bond donors (Lipinski definition) is 3. The largest absolute Gasteiger partial charge is 0.505 e. The number of carbonyl (C=O) groups excluding carboxylic acids is 2. The third-order valence-corrected chi connectivity index (χ3v) is 7.01. The summed E-state index contributed by atoms with van der Waals surface area (Å²) in [4.78, 5) is 25.8. The molecule has 1 aromatic carbocycles. The Kier molecular flexibility index (Phi) is 8.32. The van der Waals surface area contributed by atoms with Crippen LogP contribution < -0.4 is 10.6 Å². The number of carbonyl (C=O) groups is 2. The van der Waals surface area contributed by atoms with E-state index < -0.39 is 38.6 Å². The minimum Gasteiger partial charge on any atom is -0.505 e. The number of amidine groups is 1. The van der Waals surface area contributed by atoms with Crippen molar-refractivity contribution in [3.05, 3.63) is 58.0 Å². The smallest absolute Gasteiger partial charge is 0.354 e. The predicted molar refractivity (Wildman–Crippen MR) is 139 cm³/mol. The lowest BCUT2D eigenvalue weighted by Gasteiger charge is -2.20. The van der Waals surface area contributed by atoms with E-state index in [0.29, 0.717) is 12.2 Å². The molecule has 2 heterocycles. The van der Waals surface area contributed by atoms with Gasteiger partial charge in [-0.05, 0) is 43.0 Å². The summed E-state index contributed by atoms with van der Waals surface area (Å²) in [6, 6.07) is 5.77. The molecule has 0 saturated heterocycles. The summed E-state index contributed by atoms with van der Waals surface area (Å²) in [6.45, 7) is 7.42. The normalized spacial score (nSPS) is 15.4. The summed E-state index contributed by atoms with van der Waals surface area (Å²) in [5.41, 5.74) is 0.868. The second-order valence-electron chi connectivity index (χ2n) is 8.91. The zero-order valence-corrected chi connectivity index (χ0v) is 22.5. The van der Waals surface area contributed by atoms with Gasteiger partial charge in [-0.2, -0.15) is 8.42 Å². The van der Waals surface area contributed by atoms with Gasteiger partial charge in [0.05, 0.1) is 30.2 Å².